The predicted octanol–water partition coefficient (Wildman–Crippen LogP) is 1.10. The van der Waals surface area contributed by atoms with Crippen LogP contribution in [0.25, 0.3) is 0 Å². The van der Waals surface area contributed by atoms with E-state index in [1.54, 1.807) is 48.5 Å². The molecule has 10 heteroatoms. The second-order valence-corrected chi connectivity index (χ2v) is 9.13. The van der Waals surface area contributed by atoms with Gasteiger partial charge >= 0.3 is 12.1 Å². The summed E-state index contributed by atoms with van der Waals surface area (Å²) < 4.78 is 10.0. The van der Waals surface area contributed by atoms with Gasteiger partial charge in [-0.05, 0) is 53.4 Å². The minimum atomic E-state index is -1.01. The van der Waals surface area contributed by atoms with E-state index < -0.39 is 47.1 Å². The molecule has 1 saturated heterocycles. The summed E-state index contributed by atoms with van der Waals surface area (Å²) >= 11 is 0. The Kier molecular flexibility index (Phi) is 8.64. The van der Waals surface area contributed by atoms with Gasteiger partial charge in [0.05, 0.1) is 7.11 Å². The lowest BCUT2D eigenvalue weighted by molar-refractivity contribution is -0.157. The Hall–Kier alpha value is -2.36. The fraction of sp³-hybridized carbons (Fsp3) is 0.800. The quantitative estimate of drug-likeness (QED) is 0.541. The summed E-state index contributed by atoms with van der Waals surface area (Å²) in [6.45, 7) is 12.4. The van der Waals surface area contributed by atoms with Crippen molar-refractivity contribution in [3.05, 3.63) is 0 Å². The van der Waals surface area contributed by atoms with Crippen LogP contribution >= 0.6 is 0 Å². The molecule has 3 amide bonds. The molecule has 1 aliphatic heterocycles. The predicted molar refractivity (Wildman–Crippen MR) is 110 cm³/mol. The van der Waals surface area contributed by atoms with E-state index in [0.29, 0.717) is 19.4 Å². The lowest BCUT2D eigenvalue weighted by Crippen LogP contribution is -2.65. The maximum absolute atomic E-state index is 12.8. The van der Waals surface area contributed by atoms with Gasteiger partial charge in [0.1, 0.15) is 23.2 Å². The van der Waals surface area contributed by atoms with Crippen molar-refractivity contribution in [2.24, 2.45) is 5.92 Å². The zero-order valence-electron chi connectivity index (χ0n) is 19.3. The van der Waals surface area contributed by atoms with Crippen molar-refractivity contribution in [2.75, 3.05) is 13.7 Å². The molecule has 0 aromatic rings. The summed E-state index contributed by atoms with van der Waals surface area (Å²) in [5, 5.41) is 6.53. The maximum atomic E-state index is 12.8. The Morgan fingerprint density at radius 2 is 1.70 bits per heavy atom. The highest BCUT2D eigenvalue weighted by molar-refractivity contribution is 5.91. The molecule has 1 heterocycles. The molecule has 0 aromatic carbocycles. The Labute approximate surface area is 178 Å². The molecule has 1 aliphatic rings. The average molecular weight is 429 g/mol. The van der Waals surface area contributed by atoms with E-state index >= 15 is 0 Å². The highest BCUT2D eigenvalue weighted by atomic mass is 16.6. The molecule has 0 saturated carbocycles. The first-order valence-electron chi connectivity index (χ1n) is 10.2. The Morgan fingerprint density at radius 1 is 1.10 bits per heavy atom. The van der Waals surface area contributed by atoms with Crippen molar-refractivity contribution in [3.8, 4) is 0 Å². The van der Waals surface area contributed by atoms with E-state index in [0.717, 1.165) is 0 Å². The zero-order valence-corrected chi connectivity index (χ0v) is 19.3. The summed E-state index contributed by atoms with van der Waals surface area (Å²) in [6, 6.07) is -1.74. The lowest BCUT2D eigenvalue weighted by Gasteiger charge is -2.40. The maximum Gasteiger partial charge on any atom is 0.408 e. The summed E-state index contributed by atoms with van der Waals surface area (Å²) in [5.41, 5.74) is 1.21. The molecule has 30 heavy (non-hydrogen) atoms. The van der Waals surface area contributed by atoms with E-state index in [1.807, 2.05) is 0 Å². The van der Waals surface area contributed by atoms with Gasteiger partial charge in [-0.3, -0.25) is 19.4 Å². The standard InChI is InChI=1S/C20H36N4O6/c1-12(2)14(22-18(28)30-19(4,5)6)15(25)21-13(3)16(26)24-11-9-10-20(7,23-24)17(27)29-8/h12-14,23H,9-11H2,1-8H3,(H,21,25)(H,22,28)/t13-,14-,20?/m0/s1. The molecule has 3 atom stereocenters. The molecule has 1 rings (SSSR count). The van der Waals surface area contributed by atoms with Gasteiger partial charge in [0.25, 0.3) is 5.91 Å². The molecule has 0 radical (unpaired) electrons. The third-order valence-electron chi connectivity index (χ3n) is 4.69. The second-order valence-electron chi connectivity index (χ2n) is 9.13. The van der Waals surface area contributed by atoms with Crippen LogP contribution in [-0.2, 0) is 23.9 Å². The Bertz CT molecular complexity index is 660. The van der Waals surface area contributed by atoms with Gasteiger partial charge in [-0.1, -0.05) is 13.8 Å². The van der Waals surface area contributed by atoms with Crippen molar-refractivity contribution in [1.29, 1.82) is 0 Å². The molecular weight excluding hydrogens is 392 g/mol. The first-order chi connectivity index (χ1) is 13.7. The number of methoxy groups -OCH3 is 1. The van der Waals surface area contributed by atoms with Crippen molar-refractivity contribution in [3.63, 3.8) is 0 Å². The minimum absolute atomic E-state index is 0.226. The summed E-state index contributed by atoms with van der Waals surface area (Å²) in [5.74, 6) is -1.57. The molecule has 3 N–H and O–H groups in total. The number of hydrogen-bond donors (Lipinski definition) is 3. The molecule has 0 bridgehead atoms. The van der Waals surface area contributed by atoms with Crippen LogP contribution in [0.3, 0.4) is 0 Å². The van der Waals surface area contributed by atoms with E-state index in [-0.39, 0.29) is 5.92 Å². The van der Waals surface area contributed by atoms with Crippen molar-refractivity contribution in [1.82, 2.24) is 21.1 Å². The van der Waals surface area contributed by atoms with Crippen LogP contribution in [0.15, 0.2) is 0 Å². The average Bonchev–Trinajstić information content (AvgIpc) is 2.62. The SMILES string of the molecule is COC(=O)C1(C)CCCN(C(=O)[C@H](C)NC(=O)[C@@H](NC(=O)OC(C)(C)C)C(C)C)N1. The van der Waals surface area contributed by atoms with Crippen LogP contribution in [0.1, 0.15) is 61.3 Å². The lowest BCUT2D eigenvalue weighted by atomic mass is 9.94. The highest BCUT2D eigenvalue weighted by Gasteiger charge is 2.41. The summed E-state index contributed by atoms with van der Waals surface area (Å²) in [6.07, 6.45) is 0.432. The monoisotopic (exact) mass is 428 g/mol. The van der Waals surface area contributed by atoms with Crippen LogP contribution in [0.5, 0.6) is 0 Å². The van der Waals surface area contributed by atoms with Gasteiger partial charge in [0.15, 0.2) is 0 Å². The van der Waals surface area contributed by atoms with Crippen LogP contribution in [0, 0.1) is 5.92 Å². The second kappa shape index (κ2) is 10.1. The van der Waals surface area contributed by atoms with Crippen molar-refractivity contribution in [2.45, 2.75) is 84.5 Å². The smallest absolute Gasteiger partial charge is 0.408 e. The van der Waals surface area contributed by atoms with Crippen molar-refractivity contribution < 1.29 is 28.7 Å². The number of alkyl carbamates (subject to hydrolysis) is 1. The molecule has 172 valence electrons. The van der Waals surface area contributed by atoms with Gasteiger partial charge in [-0.15, -0.1) is 0 Å². The molecular formula is C20H36N4O6. The van der Waals surface area contributed by atoms with Crippen LogP contribution in [-0.4, -0.2) is 65.8 Å². The first kappa shape index (κ1) is 25.7. The fourth-order valence-corrected chi connectivity index (χ4v) is 3.11. The number of nitrogens with zero attached hydrogens (tertiary/aromatic N) is 1. The topological polar surface area (TPSA) is 126 Å². The number of rotatable bonds is 6. The van der Waals surface area contributed by atoms with E-state index in [1.165, 1.54) is 12.1 Å². The number of amides is 3. The molecule has 1 unspecified atom stereocenters. The van der Waals surface area contributed by atoms with Crippen LogP contribution in [0.2, 0.25) is 0 Å². The zero-order chi connectivity index (χ0) is 23.3. The van der Waals surface area contributed by atoms with E-state index in [2.05, 4.69) is 16.1 Å². The van der Waals surface area contributed by atoms with E-state index in [9.17, 15) is 19.2 Å². The van der Waals surface area contributed by atoms with Crippen LogP contribution < -0.4 is 16.1 Å². The molecule has 1 fully saturated rings. The van der Waals surface area contributed by atoms with Gasteiger partial charge < -0.3 is 20.1 Å². The number of nitrogens with one attached hydrogen (secondary N) is 3. The normalized spacial score (nSPS) is 21.4. The number of esters is 1. The number of carbonyl (C=O) groups excluding carboxylic acids is 4. The van der Waals surface area contributed by atoms with Gasteiger partial charge in [-0.25, -0.2) is 10.2 Å². The fourth-order valence-electron chi connectivity index (χ4n) is 3.11. The number of ether oxygens (including phenoxy) is 2. The van der Waals surface area contributed by atoms with E-state index in [4.69, 9.17) is 9.47 Å². The third kappa shape index (κ3) is 7.16. The van der Waals surface area contributed by atoms with Gasteiger partial charge in [0.2, 0.25) is 5.91 Å². The number of carbonyl (C=O) groups is 4. The highest BCUT2D eigenvalue weighted by Crippen LogP contribution is 2.20. The Balaban J connectivity index is 2.77. The Morgan fingerprint density at radius 3 is 2.20 bits per heavy atom. The summed E-state index contributed by atoms with van der Waals surface area (Å²) in [4.78, 5) is 49.6. The minimum Gasteiger partial charge on any atom is -0.468 e. The molecule has 10 nitrogen and oxygen atoms in total. The van der Waals surface area contributed by atoms with Gasteiger partial charge in [-0.2, -0.15) is 0 Å². The number of hydrogen-bond acceptors (Lipinski definition) is 7. The molecule has 0 aliphatic carbocycles. The number of hydrazine groups is 1. The molecule has 0 aromatic heterocycles. The van der Waals surface area contributed by atoms with Gasteiger partial charge in [0, 0.05) is 6.54 Å². The largest absolute Gasteiger partial charge is 0.468 e. The van der Waals surface area contributed by atoms with Crippen molar-refractivity contribution >= 4 is 23.9 Å². The third-order valence-corrected chi connectivity index (χ3v) is 4.69. The van der Waals surface area contributed by atoms with Crippen LogP contribution in [0.4, 0.5) is 4.79 Å². The molecule has 0 spiro atoms. The first-order valence-corrected chi connectivity index (χ1v) is 10.2. The summed E-state index contributed by atoms with van der Waals surface area (Å²) in [7, 11) is 1.29.